The number of nitro groups is 1. The van der Waals surface area contributed by atoms with Crippen LogP contribution in [-0.4, -0.2) is 4.92 Å². The Morgan fingerprint density at radius 2 is 2.14 bits per heavy atom. The summed E-state index contributed by atoms with van der Waals surface area (Å²) in [6.45, 7) is 0. The number of nitrogens with one attached hydrogen (secondary N) is 1. The van der Waals surface area contributed by atoms with Crippen LogP contribution in [0.3, 0.4) is 0 Å². The minimum atomic E-state index is -1.21. The highest BCUT2D eigenvalue weighted by atomic mass is 19.1. The van der Waals surface area contributed by atoms with Gasteiger partial charge in [0.2, 0.25) is 0 Å². The first-order chi connectivity index (χ1) is 6.60. The molecule has 0 aromatic heterocycles. The number of halogens is 1. The van der Waals surface area contributed by atoms with Gasteiger partial charge in [-0.2, -0.15) is 0 Å². The molecule has 8 heteroatoms. The predicted octanol–water partition coefficient (Wildman–Crippen LogP) is 2.04. The van der Waals surface area contributed by atoms with E-state index < -0.39 is 27.8 Å². The number of nitro benzene ring substituents is 1. The molecule has 1 N–H and O–H groups in total. The van der Waals surface area contributed by atoms with Gasteiger partial charge in [0.15, 0.2) is 11.5 Å². The Morgan fingerprint density at radius 3 is 2.57 bits per heavy atom. The summed E-state index contributed by atoms with van der Waals surface area (Å²) >= 11 is 0. The Hall–Kier alpha value is -2.09. The normalized spacial score (nSPS) is 9.57. The molecule has 1 aromatic rings. The molecule has 0 radical (unpaired) electrons. The van der Waals surface area contributed by atoms with Crippen LogP contribution in [0.4, 0.5) is 21.5 Å². The van der Waals surface area contributed by atoms with Gasteiger partial charge >= 0.3 is 0 Å². The second-order valence-electron chi connectivity index (χ2n) is 2.28. The Morgan fingerprint density at radius 1 is 1.50 bits per heavy atom. The molecule has 0 aliphatic rings. The topological polar surface area (TPSA) is 108 Å². The van der Waals surface area contributed by atoms with E-state index in [-0.39, 0.29) is 0 Å². The monoisotopic (exact) mass is 200 g/mol. The van der Waals surface area contributed by atoms with Crippen LogP contribution >= 0.6 is 0 Å². The molecule has 0 bridgehead atoms. The molecule has 74 valence electrons. The molecule has 0 aliphatic carbocycles. The first-order valence-electron chi connectivity index (χ1n) is 3.29. The standard InChI is InChI=1S/C6H3FN3O4/c7-6-4(8-11)1-3(10(13)14)2-5(6)9-12/h1-2,8H/q-1. The number of benzene rings is 1. The quantitative estimate of drug-likeness (QED) is 0.456. The van der Waals surface area contributed by atoms with Crippen molar-refractivity contribution in [3.8, 4) is 0 Å². The van der Waals surface area contributed by atoms with Crippen LogP contribution in [0.2, 0.25) is 0 Å². The number of nitroso groups, excluding NO2 is 1. The number of anilines is 1. The van der Waals surface area contributed by atoms with E-state index in [0.717, 1.165) is 5.48 Å². The zero-order chi connectivity index (χ0) is 10.7. The lowest BCUT2D eigenvalue weighted by Crippen LogP contribution is -1.94. The van der Waals surface area contributed by atoms with Crippen molar-refractivity contribution in [3.05, 3.63) is 38.2 Å². The highest BCUT2D eigenvalue weighted by Crippen LogP contribution is 2.30. The summed E-state index contributed by atoms with van der Waals surface area (Å²) in [5.74, 6) is -1.21. The van der Waals surface area contributed by atoms with Crippen LogP contribution in [0.15, 0.2) is 17.3 Å². The van der Waals surface area contributed by atoms with E-state index >= 15 is 0 Å². The summed E-state index contributed by atoms with van der Waals surface area (Å²) in [7, 11) is 0. The third-order valence-corrected chi connectivity index (χ3v) is 1.46. The van der Waals surface area contributed by atoms with Crippen molar-refractivity contribution in [1.82, 2.24) is 0 Å². The van der Waals surface area contributed by atoms with Crippen LogP contribution in [0.25, 0.3) is 0 Å². The Bertz CT molecular complexity index is 395. The lowest BCUT2D eigenvalue weighted by molar-refractivity contribution is -0.384. The maximum absolute atomic E-state index is 12.9. The molecule has 0 unspecified atom stereocenters. The number of rotatable bonds is 3. The first kappa shape index (κ1) is 9.99. The average molecular weight is 200 g/mol. The predicted molar refractivity (Wildman–Crippen MR) is 45.5 cm³/mol. The minimum Gasteiger partial charge on any atom is -0.761 e. The maximum Gasteiger partial charge on any atom is 0.273 e. The Kier molecular flexibility index (Phi) is 2.67. The molecule has 0 amide bonds. The van der Waals surface area contributed by atoms with Crippen LogP contribution in [-0.2, 0) is 0 Å². The van der Waals surface area contributed by atoms with Gasteiger partial charge in [-0.3, -0.25) is 10.1 Å². The van der Waals surface area contributed by atoms with Crippen molar-refractivity contribution in [1.29, 1.82) is 0 Å². The van der Waals surface area contributed by atoms with Gasteiger partial charge in [-0.05, 0) is 5.18 Å². The molecule has 0 saturated heterocycles. The van der Waals surface area contributed by atoms with Gasteiger partial charge in [-0.15, -0.1) is 4.91 Å². The van der Waals surface area contributed by atoms with Crippen molar-refractivity contribution in [2.24, 2.45) is 5.18 Å². The lowest BCUT2D eigenvalue weighted by atomic mass is 10.2. The summed E-state index contributed by atoms with van der Waals surface area (Å²) in [5.41, 5.74) is -0.913. The van der Waals surface area contributed by atoms with Gasteiger partial charge < -0.3 is 10.7 Å². The molecular formula is C6H3FN3O4-. The molecule has 0 atom stereocenters. The highest BCUT2D eigenvalue weighted by molar-refractivity contribution is 5.62. The highest BCUT2D eigenvalue weighted by Gasteiger charge is 2.15. The molecule has 0 aliphatic heterocycles. The Labute approximate surface area is 76.2 Å². The lowest BCUT2D eigenvalue weighted by Gasteiger charge is -2.10. The van der Waals surface area contributed by atoms with Crippen LogP contribution < -0.4 is 5.48 Å². The Balaban J connectivity index is 3.39. The SMILES string of the molecule is O=Nc1cc([N+](=O)[O-])cc(N[O-])c1F. The maximum atomic E-state index is 12.9. The average Bonchev–Trinajstić information content (AvgIpc) is 2.17. The number of nitrogens with zero attached hydrogens (tertiary/aromatic N) is 2. The zero-order valence-corrected chi connectivity index (χ0v) is 6.56. The molecule has 1 aromatic carbocycles. The second kappa shape index (κ2) is 3.75. The fourth-order valence-corrected chi connectivity index (χ4v) is 0.840. The van der Waals surface area contributed by atoms with Crippen LogP contribution in [0.5, 0.6) is 0 Å². The summed E-state index contributed by atoms with van der Waals surface area (Å²) in [6, 6.07) is 1.32. The molecule has 1 rings (SSSR count). The summed E-state index contributed by atoms with van der Waals surface area (Å²) < 4.78 is 12.9. The van der Waals surface area contributed by atoms with E-state index in [4.69, 9.17) is 0 Å². The minimum absolute atomic E-state index is 0.584. The summed E-state index contributed by atoms with van der Waals surface area (Å²) in [5, 5.41) is 22.6. The van der Waals surface area contributed by atoms with Gasteiger partial charge in [0.25, 0.3) is 5.69 Å². The van der Waals surface area contributed by atoms with Crippen molar-refractivity contribution in [3.63, 3.8) is 0 Å². The summed E-state index contributed by atoms with van der Waals surface area (Å²) in [6.07, 6.45) is 0. The van der Waals surface area contributed by atoms with Gasteiger partial charge in [0, 0.05) is 12.1 Å². The van der Waals surface area contributed by atoms with Crippen molar-refractivity contribution in [2.45, 2.75) is 0 Å². The second-order valence-corrected chi connectivity index (χ2v) is 2.28. The molecule has 0 fully saturated rings. The third-order valence-electron chi connectivity index (χ3n) is 1.46. The van der Waals surface area contributed by atoms with Crippen molar-refractivity contribution >= 4 is 17.1 Å². The van der Waals surface area contributed by atoms with E-state index in [2.05, 4.69) is 5.18 Å². The first-order valence-corrected chi connectivity index (χ1v) is 3.29. The van der Waals surface area contributed by atoms with E-state index in [1.807, 2.05) is 0 Å². The van der Waals surface area contributed by atoms with Gasteiger partial charge in [0.1, 0.15) is 0 Å². The van der Waals surface area contributed by atoms with Crippen LogP contribution in [0, 0.1) is 26.0 Å². The van der Waals surface area contributed by atoms with Gasteiger partial charge in [0.05, 0.1) is 10.6 Å². The molecular weight excluding hydrogens is 197 g/mol. The van der Waals surface area contributed by atoms with E-state index in [0.29, 0.717) is 12.1 Å². The van der Waals surface area contributed by atoms with E-state index in [9.17, 15) is 24.6 Å². The smallest absolute Gasteiger partial charge is 0.273 e. The molecule has 0 heterocycles. The summed E-state index contributed by atoms with van der Waals surface area (Å²) in [4.78, 5) is 19.4. The molecule has 0 spiro atoms. The number of non-ortho nitro benzene ring substituents is 1. The largest absolute Gasteiger partial charge is 0.761 e. The van der Waals surface area contributed by atoms with Crippen molar-refractivity contribution in [2.75, 3.05) is 5.48 Å². The fourth-order valence-electron chi connectivity index (χ4n) is 0.840. The number of hydrogen-bond donors (Lipinski definition) is 1. The molecule has 14 heavy (non-hydrogen) atoms. The zero-order valence-electron chi connectivity index (χ0n) is 6.56. The van der Waals surface area contributed by atoms with Gasteiger partial charge in [-0.25, -0.2) is 4.39 Å². The van der Waals surface area contributed by atoms with Crippen molar-refractivity contribution < 1.29 is 9.31 Å². The van der Waals surface area contributed by atoms with E-state index in [1.54, 1.807) is 0 Å². The molecule has 7 nitrogen and oxygen atoms in total. The van der Waals surface area contributed by atoms with E-state index in [1.165, 1.54) is 0 Å². The third kappa shape index (κ3) is 1.64. The molecule has 0 saturated carbocycles. The fraction of sp³-hybridized carbons (Fsp3) is 0. The number of hydrogen-bond acceptors (Lipinski definition) is 6. The van der Waals surface area contributed by atoms with Gasteiger partial charge in [-0.1, -0.05) is 0 Å². The van der Waals surface area contributed by atoms with Crippen LogP contribution in [0.1, 0.15) is 0 Å².